The van der Waals surface area contributed by atoms with Crippen molar-refractivity contribution in [3.8, 4) is 5.75 Å². The quantitative estimate of drug-likeness (QED) is 0.898. The molecule has 1 aromatic rings. The highest BCUT2D eigenvalue weighted by molar-refractivity contribution is 5.34. The molecular weight excluding hydrogens is 248 g/mol. The summed E-state index contributed by atoms with van der Waals surface area (Å²) in [7, 11) is 1.71. The molecule has 0 amide bonds. The molecule has 3 heteroatoms. The predicted octanol–water partition coefficient (Wildman–Crippen LogP) is 3.13. The highest BCUT2D eigenvalue weighted by atomic mass is 16.5. The summed E-state index contributed by atoms with van der Waals surface area (Å²) in [6.07, 6.45) is 4.87. The largest absolute Gasteiger partial charge is 0.497 e. The standard InChI is InChI=1S/C17H28N2O/c1-4-17(18,14(2)19-11-6-5-7-12-19)15-9-8-10-16(13-15)20-3/h8-10,13-14H,4-7,11-12,18H2,1-3H3. The number of methoxy groups -OCH3 is 1. The minimum absolute atomic E-state index is 0.314. The van der Waals surface area contributed by atoms with Crippen molar-refractivity contribution in [1.29, 1.82) is 0 Å². The molecule has 1 aliphatic heterocycles. The van der Waals surface area contributed by atoms with Crippen LogP contribution in [0.25, 0.3) is 0 Å². The fourth-order valence-electron chi connectivity index (χ4n) is 3.28. The molecule has 1 heterocycles. The van der Waals surface area contributed by atoms with Crippen molar-refractivity contribution < 1.29 is 4.74 Å². The maximum atomic E-state index is 6.82. The molecule has 1 aliphatic rings. The van der Waals surface area contributed by atoms with Crippen LogP contribution in [0.2, 0.25) is 0 Å². The summed E-state index contributed by atoms with van der Waals surface area (Å²) in [4.78, 5) is 2.55. The Kier molecular flexibility index (Phi) is 5.06. The molecule has 3 nitrogen and oxygen atoms in total. The Morgan fingerprint density at radius 2 is 2.00 bits per heavy atom. The number of piperidine rings is 1. The predicted molar refractivity (Wildman–Crippen MR) is 84.0 cm³/mol. The molecule has 2 N–H and O–H groups in total. The summed E-state index contributed by atoms with van der Waals surface area (Å²) < 4.78 is 5.35. The van der Waals surface area contributed by atoms with Crippen LogP contribution in [0.15, 0.2) is 24.3 Å². The first-order valence-corrected chi connectivity index (χ1v) is 7.79. The lowest BCUT2D eigenvalue weighted by Crippen LogP contribution is -2.55. The molecule has 2 rings (SSSR count). The van der Waals surface area contributed by atoms with Gasteiger partial charge >= 0.3 is 0 Å². The lowest BCUT2D eigenvalue weighted by molar-refractivity contribution is 0.105. The van der Waals surface area contributed by atoms with Crippen LogP contribution >= 0.6 is 0 Å². The molecule has 0 bridgehead atoms. The van der Waals surface area contributed by atoms with Gasteiger partial charge in [0.15, 0.2) is 0 Å². The van der Waals surface area contributed by atoms with E-state index in [1.54, 1.807) is 7.11 Å². The van der Waals surface area contributed by atoms with Gasteiger partial charge in [-0.25, -0.2) is 0 Å². The Morgan fingerprint density at radius 1 is 1.30 bits per heavy atom. The molecule has 112 valence electrons. The number of likely N-dealkylation sites (tertiary alicyclic amines) is 1. The van der Waals surface area contributed by atoms with Gasteiger partial charge in [-0.05, 0) is 57.0 Å². The second-order valence-electron chi connectivity index (χ2n) is 5.90. The van der Waals surface area contributed by atoms with E-state index in [9.17, 15) is 0 Å². The minimum atomic E-state index is -0.314. The normalized spacial score (nSPS) is 21.2. The Hall–Kier alpha value is -1.06. The zero-order chi connectivity index (χ0) is 14.6. The third-order valence-electron chi connectivity index (χ3n) is 4.88. The topological polar surface area (TPSA) is 38.5 Å². The maximum Gasteiger partial charge on any atom is 0.119 e. The lowest BCUT2D eigenvalue weighted by atomic mass is 9.80. The second-order valence-corrected chi connectivity index (χ2v) is 5.90. The van der Waals surface area contributed by atoms with E-state index in [4.69, 9.17) is 10.5 Å². The van der Waals surface area contributed by atoms with Gasteiger partial charge in [0.05, 0.1) is 12.6 Å². The first kappa shape index (κ1) is 15.3. The van der Waals surface area contributed by atoms with Gasteiger partial charge in [0.2, 0.25) is 0 Å². The van der Waals surface area contributed by atoms with Crippen LogP contribution in [0.3, 0.4) is 0 Å². The Balaban J connectivity index is 2.26. The van der Waals surface area contributed by atoms with Crippen LogP contribution < -0.4 is 10.5 Å². The van der Waals surface area contributed by atoms with Crippen molar-refractivity contribution in [2.45, 2.75) is 51.1 Å². The summed E-state index contributed by atoms with van der Waals surface area (Å²) >= 11 is 0. The number of nitrogens with zero attached hydrogens (tertiary/aromatic N) is 1. The van der Waals surface area contributed by atoms with E-state index in [-0.39, 0.29) is 5.54 Å². The summed E-state index contributed by atoms with van der Waals surface area (Å²) in [6, 6.07) is 8.58. The SMILES string of the molecule is CCC(N)(c1cccc(OC)c1)C(C)N1CCCCC1. The molecule has 1 aromatic carbocycles. The van der Waals surface area contributed by atoms with Gasteiger partial charge in [0.25, 0.3) is 0 Å². The minimum Gasteiger partial charge on any atom is -0.497 e. The summed E-state index contributed by atoms with van der Waals surface area (Å²) in [6.45, 7) is 6.79. The molecule has 20 heavy (non-hydrogen) atoms. The summed E-state index contributed by atoms with van der Waals surface area (Å²) in [5.41, 5.74) is 7.68. The van der Waals surface area contributed by atoms with Crippen molar-refractivity contribution in [2.24, 2.45) is 5.73 Å². The second kappa shape index (κ2) is 6.59. The van der Waals surface area contributed by atoms with E-state index in [2.05, 4.69) is 30.9 Å². The Morgan fingerprint density at radius 3 is 2.60 bits per heavy atom. The van der Waals surface area contributed by atoms with Gasteiger partial charge in [-0.15, -0.1) is 0 Å². The summed E-state index contributed by atoms with van der Waals surface area (Å²) in [5.74, 6) is 0.886. The number of hydrogen-bond acceptors (Lipinski definition) is 3. The molecule has 0 saturated carbocycles. The van der Waals surface area contributed by atoms with Crippen molar-refractivity contribution in [1.82, 2.24) is 4.90 Å². The van der Waals surface area contributed by atoms with Gasteiger partial charge in [-0.2, -0.15) is 0 Å². The zero-order valence-electron chi connectivity index (χ0n) is 13.1. The lowest BCUT2D eigenvalue weighted by Gasteiger charge is -2.43. The van der Waals surface area contributed by atoms with Crippen LogP contribution in [0.4, 0.5) is 0 Å². The first-order chi connectivity index (χ1) is 9.61. The molecule has 1 saturated heterocycles. The number of ether oxygens (including phenoxy) is 1. The smallest absolute Gasteiger partial charge is 0.119 e. The van der Waals surface area contributed by atoms with Crippen LogP contribution in [0.1, 0.15) is 45.1 Å². The van der Waals surface area contributed by atoms with E-state index in [0.29, 0.717) is 6.04 Å². The molecule has 0 spiro atoms. The van der Waals surface area contributed by atoms with E-state index in [1.807, 2.05) is 12.1 Å². The van der Waals surface area contributed by atoms with Gasteiger partial charge in [-0.3, -0.25) is 4.90 Å². The third kappa shape index (κ3) is 2.99. The molecule has 0 aromatic heterocycles. The Bertz CT molecular complexity index is 429. The number of nitrogens with two attached hydrogens (primary N) is 1. The van der Waals surface area contributed by atoms with Crippen LogP contribution in [0.5, 0.6) is 5.75 Å². The maximum absolute atomic E-state index is 6.82. The highest BCUT2D eigenvalue weighted by Gasteiger charge is 2.36. The number of benzene rings is 1. The van der Waals surface area contributed by atoms with E-state index < -0.39 is 0 Å². The Labute approximate surface area is 123 Å². The van der Waals surface area contributed by atoms with Crippen LogP contribution in [-0.2, 0) is 5.54 Å². The number of rotatable bonds is 5. The zero-order valence-corrected chi connectivity index (χ0v) is 13.1. The van der Waals surface area contributed by atoms with Crippen LogP contribution in [-0.4, -0.2) is 31.1 Å². The van der Waals surface area contributed by atoms with Crippen LogP contribution in [0, 0.1) is 0 Å². The van der Waals surface area contributed by atoms with Gasteiger partial charge in [0.1, 0.15) is 5.75 Å². The van der Waals surface area contributed by atoms with Crippen molar-refractivity contribution in [3.05, 3.63) is 29.8 Å². The fourth-order valence-corrected chi connectivity index (χ4v) is 3.28. The molecule has 0 aliphatic carbocycles. The molecule has 2 atom stereocenters. The molecular formula is C17H28N2O. The van der Waals surface area contributed by atoms with Gasteiger partial charge in [0, 0.05) is 6.04 Å². The van der Waals surface area contributed by atoms with Crippen molar-refractivity contribution in [3.63, 3.8) is 0 Å². The third-order valence-corrected chi connectivity index (χ3v) is 4.88. The monoisotopic (exact) mass is 276 g/mol. The molecule has 2 unspecified atom stereocenters. The average Bonchev–Trinajstić information content (AvgIpc) is 2.54. The van der Waals surface area contributed by atoms with E-state index in [0.717, 1.165) is 12.2 Å². The van der Waals surface area contributed by atoms with Crippen molar-refractivity contribution >= 4 is 0 Å². The number of hydrogen-bond donors (Lipinski definition) is 1. The van der Waals surface area contributed by atoms with E-state index >= 15 is 0 Å². The van der Waals surface area contributed by atoms with Gasteiger partial charge < -0.3 is 10.5 Å². The summed E-state index contributed by atoms with van der Waals surface area (Å²) in [5, 5.41) is 0. The average molecular weight is 276 g/mol. The molecule has 0 radical (unpaired) electrons. The van der Waals surface area contributed by atoms with Gasteiger partial charge in [-0.1, -0.05) is 25.5 Å². The highest BCUT2D eigenvalue weighted by Crippen LogP contribution is 2.32. The van der Waals surface area contributed by atoms with Crippen molar-refractivity contribution in [2.75, 3.05) is 20.2 Å². The van der Waals surface area contributed by atoms with E-state index in [1.165, 1.54) is 37.9 Å². The first-order valence-electron chi connectivity index (χ1n) is 7.79. The molecule has 1 fully saturated rings. The fraction of sp³-hybridized carbons (Fsp3) is 0.647.